The van der Waals surface area contributed by atoms with E-state index in [4.69, 9.17) is 4.74 Å². The van der Waals surface area contributed by atoms with Gasteiger partial charge >= 0.3 is 11.7 Å². The topological polar surface area (TPSA) is 81.2 Å². The number of hydrogen-bond acceptors (Lipinski definition) is 4. The van der Waals surface area contributed by atoms with Crippen LogP contribution >= 0.6 is 0 Å². The van der Waals surface area contributed by atoms with Crippen molar-refractivity contribution < 1.29 is 9.53 Å². The molecule has 112 valence electrons. The molecule has 1 N–H and O–H groups in total. The van der Waals surface area contributed by atoms with Gasteiger partial charge in [-0.2, -0.15) is 0 Å². The van der Waals surface area contributed by atoms with Crippen LogP contribution in [-0.4, -0.2) is 22.1 Å². The van der Waals surface area contributed by atoms with Gasteiger partial charge in [0, 0.05) is 24.7 Å². The van der Waals surface area contributed by atoms with E-state index in [1.807, 2.05) is 0 Å². The van der Waals surface area contributed by atoms with Crippen molar-refractivity contribution in [3.63, 3.8) is 0 Å². The van der Waals surface area contributed by atoms with Crippen molar-refractivity contribution in [1.82, 2.24) is 9.55 Å². The van der Waals surface area contributed by atoms with Gasteiger partial charge in [-0.3, -0.25) is 14.6 Å². The molecule has 0 saturated carbocycles. The van der Waals surface area contributed by atoms with Crippen molar-refractivity contribution in [2.75, 3.05) is 6.61 Å². The molecule has 1 heterocycles. The van der Waals surface area contributed by atoms with Gasteiger partial charge in [-0.1, -0.05) is 13.3 Å². The second-order valence-electron chi connectivity index (χ2n) is 4.75. The third-order valence-corrected chi connectivity index (χ3v) is 3.03. The third-order valence-electron chi connectivity index (χ3n) is 3.03. The van der Waals surface area contributed by atoms with Crippen molar-refractivity contribution in [3.8, 4) is 0 Å². The Kier molecular flexibility index (Phi) is 6.76. The smallest absolute Gasteiger partial charge is 0.328 e. The van der Waals surface area contributed by atoms with Crippen LogP contribution in [0.3, 0.4) is 0 Å². The Bertz CT molecular complexity index is 545. The fourth-order valence-electron chi connectivity index (χ4n) is 1.81. The molecule has 0 atom stereocenters. The largest absolute Gasteiger partial charge is 0.466 e. The van der Waals surface area contributed by atoms with E-state index in [-0.39, 0.29) is 17.2 Å². The van der Waals surface area contributed by atoms with Crippen molar-refractivity contribution in [2.45, 2.75) is 52.5 Å². The second kappa shape index (κ2) is 8.35. The van der Waals surface area contributed by atoms with Crippen LogP contribution in [0.4, 0.5) is 0 Å². The highest BCUT2D eigenvalue weighted by Crippen LogP contribution is 2.02. The van der Waals surface area contributed by atoms with Crippen molar-refractivity contribution in [3.05, 3.63) is 32.6 Å². The van der Waals surface area contributed by atoms with E-state index < -0.39 is 0 Å². The Morgan fingerprint density at radius 2 is 1.95 bits per heavy atom. The first-order valence-electron chi connectivity index (χ1n) is 7.00. The van der Waals surface area contributed by atoms with Crippen LogP contribution in [0.25, 0.3) is 0 Å². The Morgan fingerprint density at radius 1 is 1.25 bits per heavy atom. The average molecular weight is 282 g/mol. The quantitative estimate of drug-likeness (QED) is 0.576. The lowest BCUT2D eigenvalue weighted by atomic mass is 10.2. The summed E-state index contributed by atoms with van der Waals surface area (Å²) in [5.74, 6) is -0.166. The number of ether oxygens (including phenoxy) is 1. The molecule has 0 aliphatic rings. The molecule has 6 heteroatoms. The van der Waals surface area contributed by atoms with E-state index in [1.165, 1.54) is 4.57 Å². The van der Waals surface area contributed by atoms with Gasteiger partial charge in [0.25, 0.3) is 5.56 Å². The second-order valence-corrected chi connectivity index (χ2v) is 4.75. The minimum atomic E-state index is -0.363. The molecule has 0 aliphatic carbocycles. The molecule has 0 radical (unpaired) electrons. The first-order chi connectivity index (χ1) is 9.54. The average Bonchev–Trinajstić information content (AvgIpc) is 2.42. The molecule has 0 bridgehead atoms. The summed E-state index contributed by atoms with van der Waals surface area (Å²) >= 11 is 0. The number of aromatic nitrogens is 2. The van der Waals surface area contributed by atoms with Crippen LogP contribution in [-0.2, 0) is 16.1 Å². The number of esters is 1. The molecule has 0 amide bonds. The van der Waals surface area contributed by atoms with E-state index >= 15 is 0 Å². The molecule has 20 heavy (non-hydrogen) atoms. The molecule has 1 rings (SSSR count). The fraction of sp³-hybridized carbons (Fsp3) is 0.643. The van der Waals surface area contributed by atoms with Gasteiger partial charge in [0.15, 0.2) is 0 Å². The van der Waals surface area contributed by atoms with Gasteiger partial charge in [0.2, 0.25) is 0 Å². The van der Waals surface area contributed by atoms with Gasteiger partial charge in [-0.15, -0.1) is 0 Å². The molecule has 0 spiro atoms. The van der Waals surface area contributed by atoms with E-state index in [0.717, 1.165) is 25.7 Å². The number of nitrogens with zero attached hydrogens (tertiary/aromatic N) is 1. The molecule has 1 aromatic rings. The number of carbonyl (C=O) groups is 1. The SMILES string of the molecule is CCC(=O)OCCCCCCn1cc(C)c(=O)[nH]c1=O. The molecular weight excluding hydrogens is 260 g/mol. The molecule has 0 aliphatic heterocycles. The minimum absolute atomic E-state index is 0.166. The van der Waals surface area contributed by atoms with Crippen molar-refractivity contribution in [1.29, 1.82) is 0 Å². The van der Waals surface area contributed by atoms with E-state index in [0.29, 0.717) is 25.1 Å². The van der Waals surface area contributed by atoms with Crippen LogP contribution in [0.5, 0.6) is 0 Å². The van der Waals surface area contributed by atoms with Gasteiger partial charge in [-0.05, 0) is 26.2 Å². The number of nitrogens with one attached hydrogen (secondary N) is 1. The minimum Gasteiger partial charge on any atom is -0.466 e. The first kappa shape index (κ1) is 16.2. The standard InChI is InChI=1S/C14H22N2O4/c1-3-12(17)20-9-7-5-4-6-8-16-10-11(2)13(18)15-14(16)19/h10H,3-9H2,1-2H3,(H,15,18,19). The van der Waals surface area contributed by atoms with Crippen LogP contribution in [0, 0.1) is 6.92 Å². The lowest BCUT2D eigenvalue weighted by Gasteiger charge is -2.06. The van der Waals surface area contributed by atoms with Crippen LogP contribution in [0.1, 0.15) is 44.6 Å². The molecule has 1 aromatic heterocycles. The van der Waals surface area contributed by atoms with Crippen molar-refractivity contribution >= 4 is 5.97 Å². The monoisotopic (exact) mass is 282 g/mol. The van der Waals surface area contributed by atoms with Gasteiger partial charge in [-0.25, -0.2) is 4.79 Å². The van der Waals surface area contributed by atoms with Crippen LogP contribution in [0.2, 0.25) is 0 Å². The highest BCUT2D eigenvalue weighted by molar-refractivity contribution is 5.68. The lowest BCUT2D eigenvalue weighted by Crippen LogP contribution is -2.30. The summed E-state index contributed by atoms with van der Waals surface area (Å²) in [6.45, 7) is 4.50. The summed E-state index contributed by atoms with van der Waals surface area (Å²) < 4.78 is 6.49. The van der Waals surface area contributed by atoms with Crippen LogP contribution < -0.4 is 11.2 Å². The highest BCUT2D eigenvalue weighted by atomic mass is 16.5. The maximum Gasteiger partial charge on any atom is 0.328 e. The number of aromatic amines is 1. The Hall–Kier alpha value is -1.85. The summed E-state index contributed by atoms with van der Waals surface area (Å²) in [6.07, 6.45) is 5.60. The van der Waals surface area contributed by atoms with Gasteiger partial charge < -0.3 is 9.30 Å². The molecular formula is C14H22N2O4. The summed E-state index contributed by atoms with van der Waals surface area (Å²) in [5.41, 5.74) is -0.155. The maximum absolute atomic E-state index is 11.5. The molecule has 6 nitrogen and oxygen atoms in total. The van der Waals surface area contributed by atoms with E-state index in [9.17, 15) is 14.4 Å². The zero-order valence-corrected chi connectivity index (χ0v) is 12.1. The Balaban J connectivity index is 2.22. The molecule has 0 unspecified atom stereocenters. The lowest BCUT2D eigenvalue weighted by molar-refractivity contribution is -0.143. The Labute approximate surface area is 117 Å². The third kappa shape index (κ3) is 5.42. The molecule has 0 saturated heterocycles. The first-order valence-corrected chi connectivity index (χ1v) is 7.00. The number of aryl methyl sites for hydroxylation is 2. The number of hydrogen-bond donors (Lipinski definition) is 1. The van der Waals surface area contributed by atoms with Crippen LogP contribution in [0.15, 0.2) is 15.8 Å². The summed E-state index contributed by atoms with van der Waals surface area (Å²) in [5, 5.41) is 0. The van der Waals surface area contributed by atoms with Crippen molar-refractivity contribution in [2.24, 2.45) is 0 Å². The maximum atomic E-state index is 11.5. The van der Waals surface area contributed by atoms with Gasteiger partial charge in [0.1, 0.15) is 0 Å². The summed E-state index contributed by atoms with van der Waals surface area (Å²) in [6, 6.07) is 0. The summed E-state index contributed by atoms with van der Waals surface area (Å²) in [7, 11) is 0. The highest BCUT2D eigenvalue weighted by Gasteiger charge is 2.01. The zero-order chi connectivity index (χ0) is 15.0. The van der Waals surface area contributed by atoms with E-state index in [1.54, 1.807) is 20.0 Å². The van der Waals surface area contributed by atoms with E-state index in [2.05, 4.69) is 4.98 Å². The molecule has 0 fully saturated rings. The number of rotatable bonds is 8. The summed E-state index contributed by atoms with van der Waals surface area (Å²) in [4.78, 5) is 35.9. The molecule has 0 aromatic carbocycles. The zero-order valence-electron chi connectivity index (χ0n) is 12.1. The fourth-order valence-corrected chi connectivity index (χ4v) is 1.81. The number of carbonyl (C=O) groups excluding carboxylic acids is 1. The Morgan fingerprint density at radius 3 is 2.65 bits per heavy atom. The van der Waals surface area contributed by atoms with Gasteiger partial charge in [0.05, 0.1) is 6.61 Å². The number of H-pyrrole nitrogens is 1. The number of unbranched alkanes of at least 4 members (excludes halogenated alkanes) is 3. The predicted molar refractivity (Wildman–Crippen MR) is 75.8 cm³/mol. The normalized spacial score (nSPS) is 10.5. The predicted octanol–water partition coefficient (Wildman–Crippen LogP) is 1.36.